The lowest BCUT2D eigenvalue weighted by Crippen LogP contribution is -2.05. The van der Waals surface area contributed by atoms with Gasteiger partial charge in [-0.05, 0) is 38.1 Å². The first-order chi connectivity index (χ1) is 10.2. The van der Waals surface area contributed by atoms with Crippen molar-refractivity contribution in [3.63, 3.8) is 0 Å². The zero-order valence-corrected chi connectivity index (χ0v) is 11.8. The topological polar surface area (TPSA) is 83.3 Å². The molecule has 0 saturated heterocycles. The number of esters is 2. The van der Waals surface area contributed by atoms with Crippen LogP contribution in [0.1, 0.15) is 34.7 Å². The van der Waals surface area contributed by atoms with E-state index in [-0.39, 0.29) is 18.3 Å². The molecule has 0 fully saturated rings. The molecule has 21 heavy (non-hydrogen) atoms. The van der Waals surface area contributed by atoms with E-state index in [1.54, 1.807) is 38.1 Å². The van der Waals surface area contributed by atoms with Crippen LogP contribution in [0.5, 0.6) is 0 Å². The minimum absolute atomic E-state index is 0.131. The summed E-state index contributed by atoms with van der Waals surface area (Å²) in [5.74, 6) is -0.901. The quantitative estimate of drug-likeness (QED) is 0.778. The van der Waals surface area contributed by atoms with Gasteiger partial charge in [-0.15, -0.1) is 5.10 Å². The van der Waals surface area contributed by atoms with E-state index in [9.17, 15) is 9.59 Å². The second-order valence-electron chi connectivity index (χ2n) is 4.04. The Bertz CT molecular complexity index is 634. The van der Waals surface area contributed by atoms with Gasteiger partial charge in [0.25, 0.3) is 0 Å². The largest absolute Gasteiger partial charge is 0.462 e. The average molecular weight is 289 g/mol. The van der Waals surface area contributed by atoms with Crippen molar-refractivity contribution in [1.82, 2.24) is 15.0 Å². The van der Waals surface area contributed by atoms with Gasteiger partial charge in [0.1, 0.15) is 0 Å². The van der Waals surface area contributed by atoms with Gasteiger partial charge in [-0.3, -0.25) is 0 Å². The van der Waals surface area contributed by atoms with Gasteiger partial charge in [0.05, 0.1) is 30.7 Å². The van der Waals surface area contributed by atoms with Crippen LogP contribution in [0.25, 0.3) is 5.69 Å². The summed E-state index contributed by atoms with van der Waals surface area (Å²) < 4.78 is 11.2. The zero-order valence-electron chi connectivity index (χ0n) is 11.8. The molecule has 7 heteroatoms. The van der Waals surface area contributed by atoms with Gasteiger partial charge >= 0.3 is 11.9 Å². The molecule has 0 bridgehead atoms. The van der Waals surface area contributed by atoms with Gasteiger partial charge in [-0.2, -0.15) is 0 Å². The number of hydrogen-bond donors (Lipinski definition) is 0. The third-order valence-electron chi connectivity index (χ3n) is 2.62. The number of ether oxygens (including phenoxy) is 2. The fourth-order valence-corrected chi connectivity index (χ4v) is 1.65. The Hall–Kier alpha value is -2.70. The summed E-state index contributed by atoms with van der Waals surface area (Å²) in [6, 6.07) is 6.63. The molecule has 0 saturated carbocycles. The first-order valence-electron chi connectivity index (χ1n) is 6.52. The first-order valence-corrected chi connectivity index (χ1v) is 6.52. The van der Waals surface area contributed by atoms with E-state index in [2.05, 4.69) is 10.3 Å². The fraction of sp³-hybridized carbons (Fsp3) is 0.286. The van der Waals surface area contributed by atoms with Gasteiger partial charge in [0, 0.05) is 0 Å². The highest BCUT2D eigenvalue weighted by molar-refractivity contribution is 5.89. The molecule has 2 rings (SSSR count). The monoisotopic (exact) mass is 289 g/mol. The maximum absolute atomic E-state index is 11.5. The van der Waals surface area contributed by atoms with E-state index < -0.39 is 5.97 Å². The van der Waals surface area contributed by atoms with E-state index >= 15 is 0 Å². The molecule has 0 N–H and O–H groups in total. The molecule has 0 aliphatic carbocycles. The van der Waals surface area contributed by atoms with E-state index in [1.807, 2.05) is 0 Å². The number of aromatic nitrogens is 3. The Morgan fingerprint density at radius 2 is 1.67 bits per heavy atom. The highest BCUT2D eigenvalue weighted by atomic mass is 16.5. The van der Waals surface area contributed by atoms with E-state index in [1.165, 1.54) is 10.9 Å². The van der Waals surface area contributed by atoms with Crippen molar-refractivity contribution in [3.8, 4) is 5.69 Å². The molecule has 1 aromatic carbocycles. The molecule has 0 unspecified atom stereocenters. The normalized spacial score (nSPS) is 10.2. The SMILES string of the molecule is CCOC(=O)c1ccc(-n2cc(C(=O)OCC)nn2)cc1. The molecule has 0 aliphatic heterocycles. The molecule has 1 heterocycles. The van der Waals surface area contributed by atoms with Gasteiger partial charge in [-0.1, -0.05) is 5.21 Å². The van der Waals surface area contributed by atoms with Gasteiger partial charge in [0.15, 0.2) is 5.69 Å². The Morgan fingerprint density at radius 3 is 2.29 bits per heavy atom. The summed E-state index contributed by atoms with van der Waals surface area (Å²) >= 11 is 0. The number of hydrogen-bond acceptors (Lipinski definition) is 6. The standard InChI is InChI=1S/C14H15N3O4/c1-3-20-13(18)10-5-7-11(8-6-10)17-9-12(15-16-17)14(19)21-4-2/h5-9H,3-4H2,1-2H3. The van der Waals surface area contributed by atoms with Crippen molar-refractivity contribution < 1.29 is 19.1 Å². The molecular formula is C14H15N3O4. The molecule has 7 nitrogen and oxygen atoms in total. The van der Waals surface area contributed by atoms with Crippen LogP contribution in [0.3, 0.4) is 0 Å². The number of rotatable bonds is 5. The lowest BCUT2D eigenvalue weighted by atomic mass is 10.2. The van der Waals surface area contributed by atoms with Crippen molar-refractivity contribution in [2.75, 3.05) is 13.2 Å². The zero-order chi connectivity index (χ0) is 15.2. The van der Waals surface area contributed by atoms with Crippen LogP contribution in [0, 0.1) is 0 Å². The number of benzene rings is 1. The lowest BCUT2D eigenvalue weighted by molar-refractivity contribution is 0.0513. The maximum Gasteiger partial charge on any atom is 0.360 e. The highest BCUT2D eigenvalue weighted by Crippen LogP contribution is 2.10. The van der Waals surface area contributed by atoms with Crippen LogP contribution < -0.4 is 0 Å². The van der Waals surface area contributed by atoms with Crippen LogP contribution >= 0.6 is 0 Å². The van der Waals surface area contributed by atoms with Crippen molar-refractivity contribution in [1.29, 1.82) is 0 Å². The molecule has 0 aliphatic rings. The summed E-state index contributed by atoms with van der Waals surface area (Å²) in [6.07, 6.45) is 1.47. The summed E-state index contributed by atoms with van der Waals surface area (Å²) in [6.45, 7) is 4.07. The minimum Gasteiger partial charge on any atom is -0.462 e. The Kier molecular flexibility index (Phi) is 4.65. The Balaban J connectivity index is 2.15. The number of carbonyl (C=O) groups is 2. The summed E-state index contributed by atoms with van der Waals surface area (Å²) in [7, 11) is 0. The highest BCUT2D eigenvalue weighted by Gasteiger charge is 2.12. The van der Waals surface area contributed by atoms with Crippen molar-refractivity contribution in [3.05, 3.63) is 41.7 Å². The Morgan fingerprint density at radius 1 is 1.05 bits per heavy atom. The van der Waals surface area contributed by atoms with Crippen LogP contribution in [0.2, 0.25) is 0 Å². The number of nitrogens with zero attached hydrogens (tertiary/aromatic N) is 3. The van der Waals surface area contributed by atoms with Gasteiger partial charge in [0.2, 0.25) is 0 Å². The van der Waals surface area contributed by atoms with E-state index in [0.717, 1.165) is 0 Å². The summed E-state index contributed by atoms with van der Waals surface area (Å²) in [5.41, 5.74) is 1.25. The number of carbonyl (C=O) groups excluding carboxylic acids is 2. The summed E-state index contributed by atoms with van der Waals surface area (Å²) in [4.78, 5) is 23.0. The average Bonchev–Trinajstić information content (AvgIpc) is 2.98. The molecule has 0 amide bonds. The van der Waals surface area contributed by atoms with Crippen molar-refractivity contribution in [2.45, 2.75) is 13.8 Å². The first kappa shape index (κ1) is 14.7. The third kappa shape index (κ3) is 3.44. The second-order valence-corrected chi connectivity index (χ2v) is 4.04. The van der Waals surface area contributed by atoms with Crippen LogP contribution in [0.4, 0.5) is 0 Å². The fourth-order valence-electron chi connectivity index (χ4n) is 1.65. The summed E-state index contributed by atoms with van der Waals surface area (Å²) in [5, 5.41) is 7.60. The Labute approximate surface area is 121 Å². The van der Waals surface area contributed by atoms with E-state index in [4.69, 9.17) is 9.47 Å². The predicted molar refractivity (Wildman–Crippen MR) is 73.3 cm³/mol. The van der Waals surface area contributed by atoms with E-state index in [0.29, 0.717) is 17.9 Å². The molecule has 0 spiro atoms. The van der Waals surface area contributed by atoms with Gasteiger partial charge in [-0.25, -0.2) is 14.3 Å². The maximum atomic E-state index is 11.5. The molecule has 0 radical (unpaired) electrons. The third-order valence-corrected chi connectivity index (χ3v) is 2.62. The van der Waals surface area contributed by atoms with Crippen LogP contribution in [0.15, 0.2) is 30.5 Å². The molecule has 1 aromatic heterocycles. The smallest absolute Gasteiger partial charge is 0.360 e. The van der Waals surface area contributed by atoms with Crippen molar-refractivity contribution in [2.24, 2.45) is 0 Å². The molecular weight excluding hydrogens is 274 g/mol. The molecule has 2 aromatic rings. The van der Waals surface area contributed by atoms with Crippen LogP contribution in [-0.2, 0) is 9.47 Å². The second kappa shape index (κ2) is 6.65. The molecule has 0 atom stereocenters. The minimum atomic E-state index is -0.521. The van der Waals surface area contributed by atoms with Crippen LogP contribution in [-0.4, -0.2) is 40.1 Å². The van der Waals surface area contributed by atoms with Gasteiger partial charge < -0.3 is 9.47 Å². The lowest BCUT2D eigenvalue weighted by Gasteiger charge is -2.03. The predicted octanol–water partition coefficient (Wildman–Crippen LogP) is 1.62. The molecule has 110 valence electrons. The van der Waals surface area contributed by atoms with Crippen molar-refractivity contribution >= 4 is 11.9 Å².